The Balaban J connectivity index is 1.74. The second-order valence-electron chi connectivity index (χ2n) is 6.47. The number of carbonyl (C=O) groups excluding carboxylic acids is 1. The molecule has 2 heterocycles. The molecule has 4 rings (SSSR count). The SMILES string of the molecule is COc1ccccc1-c1cc(C)ncc1C(=O)Nc1nc2c(C)cccc2s1. The summed E-state index contributed by atoms with van der Waals surface area (Å²) in [7, 11) is 1.62. The number of methoxy groups -OCH3 is 1. The average molecular weight is 389 g/mol. The maximum absolute atomic E-state index is 13.1. The van der Waals surface area contributed by atoms with Crippen LogP contribution in [0.3, 0.4) is 0 Å². The normalized spacial score (nSPS) is 10.8. The van der Waals surface area contributed by atoms with Gasteiger partial charge in [0.2, 0.25) is 0 Å². The molecule has 4 aromatic rings. The van der Waals surface area contributed by atoms with Gasteiger partial charge in [-0.05, 0) is 37.6 Å². The quantitative estimate of drug-likeness (QED) is 0.519. The molecule has 0 spiro atoms. The van der Waals surface area contributed by atoms with Crippen molar-refractivity contribution in [1.82, 2.24) is 9.97 Å². The standard InChI is InChI=1S/C22H19N3O2S/c1-13-7-6-10-19-20(13)24-22(28-19)25-21(26)17-12-23-14(2)11-16(17)15-8-4-5-9-18(15)27-3/h4-12H,1-3H3,(H,24,25,26). The van der Waals surface area contributed by atoms with Gasteiger partial charge in [-0.2, -0.15) is 0 Å². The molecule has 0 unspecified atom stereocenters. The van der Waals surface area contributed by atoms with Crippen LogP contribution in [0, 0.1) is 13.8 Å². The first-order valence-electron chi connectivity index (χ1n) is 8.84. The number of aromatic nitrogens is 2. The highest BCUT2D eigenvalue weighted by molar-refractivity contribution is 7.22. The highest BCUT2D eigenvalue weighted by atomic mass is 32.1. The van der Waals surface area contributed by atoms with E-state index in [0.29, 0.717) is 16.4 Å². The number of anilines is 1. The molecule has 0 fully saturated rings. The van der Waals surface area contributed by atoms with E-state index < -0.39 is 0 Å². The van der Waals surface area contributed by atoms with Gasteiger partial charge in [-0.25, -0.2) is 4.98 Å². The summed E-state index contributed by atoms with van der Waals surface area (Å²) in [4.78, 5) is 22.0. The molecule has 0 atom stereocenters. The zero-order valence-corrected chi connectivity index (χ0v) is 16.6. The van der Waals surface area contributed by atoms with E-state index in [4.69, 9.17) is 4.74 Å². The fraction of sp³-hybridized carbons (Fsp3) is 0.136. The highest BCUT2D eigenvalue weighted by Crippen LogP contribution is 2.33. The fourth-order valence-electron chi connectivity index (χ4n) is 3.13. The van der Waals surface area contributed by atoms with Crippen LogP contribution in [0.15, 0.2) is 54.7 Å². The molecule has 2 aromatic carbocycles. The minimum Gasteiger partial charge on any atom is -0.496 e. The molecule has 0 aliphatic rings. The fourth-order valence-corrected chi connectivity index (χ4v) is 4.07. The lowest BCUT2D eigenvalue weighted by molar-refractivity contribution is 0.102. The van der Waals surface area contributed by atoms with Crippen molar-refractivity contribution in [2.75, 3.05) is 12.4 Å². The molecule has 0 aliphatic heterocycles. The summed E-state index contributed by atoms with van der Waals surface area (Å²) in [6.45, 7) is 3.91. The van der Waals surface area contributed by atoms with E-state index in [0.717, 1.165) is 32.6 Å². The van der Waals surface area contributed by atoms with Crippen molar-refractivity contribution in [1.29, 1.82) is 0 Å². The molecule has 6 heteroatoms. The van der Waals surface area contributed by atoms with E-state index in [1.807, 2.05) is 62.4 Å². The molecule has 0 aliphatic carbocycles. The first-order chi connectivity index (χ1) is 13.6. The summed E-state index contributed by atoms with van der Waals surface area (Å²) in [5, 5.41) is 3.50. The van der Waals surface area contributed by atoms with Crippen LogP contribution in [0.25, 0.3) is 21.3 Å². The molecule has 0 saturated carbocycles. The Hall–Kier alpha value is -3.25. The van der Waals surface area contributed by atoms with E-state index in [-0.39, 0.29) is 5.91 Å². The first kappa shape index (κ1) is 18.1. The predicted octanol–water partition coefficient (Wildman–Crippen LogP) is 5.24. The molecule has 5 nitrogen and oxygen atoms in total. The minimum absolute atomic E-state index is 0.245. The van der Waals surface area contributed by atoms with Crippen molar-refractivity contribution < 1.29 is 9.53 Å². The van der Waals surface area contributed by atoms with Crippen molar-refractivity contribution in [3.8, 4) is 16.9 Å². The number of pyridine rings is 1. The van der Waals surface area contributed by atoms with E-state index >= 15 is 0 Å². The van der Waals surface area contributed by atoms with Crippen LogP contribution >= 0.6 is 11.3 Å². The number of benzene rings is 2. The second kappa shape index (κ2) is 7.40. The topological polar surface area (TPSA) is 64.1 Å². The molecule has 140 valence electrons. The maximum Gasteiger partial charge on any atom is 0.259 e. The van der Waals surface area contributed by atoms with E-state index in [1.165, 1.54) is 11.3 Å². The third-order valence-electron chi connectivity index (χ3n) is 4.52. The summed E-state index contributed by atoms with van der Waals surface area (Å²) in [6, 6.07) is 15.5. The zero-order valence-electron chi connectivity index (χ0n) is 15.8. The summed E-state index contributed by atoms with van der Waals surface area (Å²) >= 11 is 1.46. The van der Waals surface area contributed by atoms with Gasteiger partial charge in [0.05, 0.1) is 22.9 Å². The number of carbonyl (C=O) groups is 1. The van der Waals surface area contributed by atoms with E-state index in [2.05, 4.69) is 15.3 Å². The van der Waals surface area contributed by atoms with Crippen molar-refractivity contribution in [2.45, 2.75) is 13.8 Å². The Bertz CT molecular complexity index is 1180. The average Bonchev–Trinajstić information content (AvgIpc) is 3.11. The van der Waals surface area contributed by atoms with Crippen molar-refractivity contribution in [3.05, 3.63) is 71.5 Å². The lowest BCUT2D eigenvalue weighted by Gasteiger charge is -2.13. The number of thiazole rings is 1. The molecule has 0 bridgehead atoms. The zero-order chi connectivity index (χ0) is 19.7. The monoisotopic (exact) mass is 389 g/mol. The summed E-state index contributed by atoms with van der Waals surface area (Å²) in [6.07, 6.45) is 1.60. The van der Waals surface area contributed by atoms with Crippen molar-refractivity contribution >= 4 is 32.6 Å². The molecule has 1 amide bonds. The number of hydrogen-bond donors (Lipinski definition) is 1. The van der Waals surface area contributed by atoms with E-state index in [1.54, 1.807) is 13.3 Å². The van der Waals surface area contributed by atoms with Crippen LogP contribution in [0.5, 0.6) is 5.75 Å². The Morgan fingerprint density at radius 2 is 1.89 bits per heavy atom. The van der Waals surface area contributed by atoms with Crippen LogP contribution < -0.4 is 10.1 Å². The molecule has 28 heavy (non-hydrogen) atoms. The Kier molecular flexibility index (Phi) is 4.79. The Morgan fingerprint density at radius 3 is 2.68 bits per heavy atom. The summed E-state index contributed by atoms with van der Waals surface area (Å²) in [5.41, 5.74) is 4.93. The van der Waals surface area contributed by atoms with Gasteiger partial charge in [0.15, 0.2) is 5.13 Å². The number of aryl methyl sites for hydroxylation is 2. The third-order valence-corrected chi connectivity index (χ3v) is 5.46. The maximum atomic E-state index is 13.1. The number of amides is 1. The number of rotatable bonds is 4. The van der Waals surface area contributed by atoms with Gasteiger partial charge in [-0.3, -0.25) is 15.1 Å². The van der Waals surface area contributed by atoms with Crippen molar-refractivity contribution in [2.24, 2.45) is 0 Å². The van der Waals surface area contributed by atoms with Gasteiger partial charge in [-0.1, -0.05) is 41.7 Å². The minimum atomic E-state index is -0.245. The molecule has 1 N–H and O–H groups in total. The summed E-state index contributed by atoms with van der Waals surface area (Å²) < 4.78 is 6.53. The van der Waals surface area contributed by atoms with E-state index in [9.17, 15) is 4.79 Å². The molecule has 0 saturated heterocycles. The number of fused-ring (bicyclic) bond motifs is 1. The molecule has 2 aromatic heterocycles. The largest absolute Gasteiger partial charge is 0.496 e. The molecular weight excluding hydrogens is 370 g/mol. The van der Waals surface area contributed by atoms with Gasteiger partial charge in [0.1, 0.15) is 5.75 Å². The number of ether oxygens (including phenoxy) is 1. The van der Waals surface area contributed by atoms with Crippen LogP contribution in [0.2, 0.25) is 0 Å². The van der Waals surface area contributed by atoms with Crippen LogP contribution in [-0.2, 0) is 0 Å². The predicted molar refractivity (Wildman–Crippen MR) is 113 cm³/mol. The number of nitrogens with one attached hydrogen (secondary N) is 1. The van der Waals surface area contributed by atoms with Gasteiger partial charge in [-0.15, -0.1) is 0 Å². The van der Waals surface area contributed by atoms with Gasteiger partial charge >= 0.3 is 0 Å². The van der Waals surface area contributed by atoms with Gasteiger partial charge in [0, 0.05) is 23.0 Å². The Morgan fingerprint density at radius 1 is 1.07 bits per heavy atom. The highest BCUT2D eigenvalue weighted by Gasteiger charge is 2.18. The third kappa shape index (κ3) is 3.34. The van der Waals surface area contributed by atoms with Crippen LogP contribution in [0.1, 0.15) is 21.6 Å². The van der Waals surface area contributed by atoms with Crippen LogP contribution in [0.4, 0.5) is 5.13 Å². The lowest BCUT2D eigenvalue weighted by Crippen LogP contribution is -2.14. The Labute approximate surface area is 167 Å². The second-order valence-corrected chi connectivity index (χ2v) is 7.50. The molecular formula is C22H19N3O2S. The van der Waals surface area contributed by atoms with Crippen LogP contribution in [-0.4, -0.2) is 23.0 Å². The number of para-hydroxylation sites is 2. The first-order valence-corrected chi connectivity index (χ1v) is 9.66. The number of nitrogens with zero attached hydrogens (tertiary/aromatic N) is 2. The van der Waals surface area contributed by atoms with Gasteiger partial charge in [0.25, 0.3) is 5.91 Å². The van der Waals surface area contributed by atoms with Crippen molar-refractivity contribution in [3.63, 3.8) is 0 Å². The molecule has 0 radical (unpaired) electrons. The number of hydrogen-bond acceptors (Lipinski definition) is 5. The smallest absolute Gasteiger partial charge is 0.259 e. The van der Waals surface area contributed by atoms with Gasteiger partial charge < -0.3 is 4.74 Å². The lowest BCUT2D eigenvalue weighted by atomic mass is 9.99. The summed E-state index contributed by atoms with van der Waals surface area (Å²) in [5.74, 6) is 0.461.